The third kappa shape index (κ3) is 3.81. The summed E-state index contributed by atoms with van der Waals surface area (Å²) in [6.45, 7) is 0.211. The Balaban J connectivity index is 1.84. The molecule has 0 aliphatic rings. The molecular weight excluding hydrogens is 260 g/mol. The first-order valence-electron chi connectivity index (χ1n) is 5.97. The summed E-state index contributed by atoms with van der Waals surface area (Å²) < 4.78 is 0. The van der Waals surface area contributed by atoms with Crippen molar-refractivity contribution < 1.29 is 9.90 Å². The van der Waals surface area contributed by atoms with E-state index in [4.69, 9.17) is 5.73 Å². The number of hydrogen-bond donors (Lipinski definition) is 3. The monoisotopic (exact) mass is 276 g/mol. The number of aliphatic hydroxyl groups is 1. The number of para-hydroxylation sites is 1. The summed E-state index contributed by atoms with van der Waals surface area (Å²) in [6, 6.07) is 9.11. The SMILES string of the molecule is Nc1ccccc1CC(=O)NCC(O)c1ccsc1. The molecule has 2 aromatic rings. The van der Waals surface area contributed by atoms with E-state index in [1.807, 2.05) is 35.0 Å². The zero-order valence-electron chi connectivity index (χ0n) is 10.4. The Kier molecular flexibility index (Phi) is 4.54. The molecule has 0 fully saturated rings. The van der Waals surface area contributed by atoms with Crippen LogP contribution in [0.2, 0.25) is 0 Å². The van der Waals surface area contributed by atoms with Crippen LogP contribution in [0, 0.1) is 0 Å². The minimum Gasteiger partial charge on any atom is -0.398 e. The van der Waals surface area contributed by atoms with Crippen LogP contribution in [0.15, 0.2) is 41.1 Å². The van der Waals surface area contributed by atoms with Gasteiger partial charge in [0.15, 0.2) is 0 Å². The Hall–Kier alpha value is -1.85. The zero-order chi connectivity index (χ0) is 13.7. The van der Waals surface area contributed by atoms with E-state index >= 15 is 0 Å². The number of hydrogen-bond acceptors (Lipinski definition) is 4. The molecule has 2 rings (SSSR count). The first-order valence-corrected chi connectivity index (χ1v) is 6.91. The summed E-state index contributed by atoms with van der Waals surface area (Å²) in [6.07, 6.45) is -0.438. The minimum atomic E-state index is -0.664. The molecule has 4 N–H and O–H groups in total. The van der Waals surface area contributed by atoms with Crippen LogP contribution in [0.1, 0.15) is 17.2 Å². The lowest BCUT2D eigenvalue weighted by Gasteiger charge is -2.11. The Bertz CT molecular complexity index is 540. The molecule has 0 aliphatic carbocycles. The predicted octanol–water partition coefficient (Wildman–Crippen LogP) is 1.72. The molecule has 0 radical (unpaired) electrons. The highest BCUT2D eigenvalue weighted by molar-refractivity contribution is 7.07. The van der Waals surface area contributed by atoms with Gasteiger partial charge >= 0.3 is 0 Å². The molecule has 0 aliphatic heterocycles. The van der Waals surface area contributed by atoms with E-state index < -0.39 is 6.10 Å². The number of aliphatic hydroxyl groups excluding tert-OH is 1. The second-order valence-corrected chi connectivity index (χ2v) is 5.03. The van der Waals surface area contributed by atoms with Crippen molar-refractivity contribution in [2.24, 2.45) is 0 Å². The molecule has 19 heavy (non-hydrogen) atoms. The van der Waals surface area contributed by atoms with E-state index in [-0.39, 0.29) is 18.9 Å². The van der Waals surface area contributed by atoms with Crippen LogP contribution in [0.4, 0.5) is 5.69 Å². The molecule has 1 unspecified atom stereocenters. The average molecular weight is 276 g/mol. The van der Waals surface area contributed by atoms with Crippen LogP contribution in [-0.4, -0.2) is 17.6 Å². The topological polar surface area (TPSA) is 75.4 Å². The second-order valence-electron chi connectivity index (χ2n) is 4.25. The molecule has 1 aromatic carbocycles. The Labute approximate surface area is 115 Å². The van der Waals surface area contributed by atoms with Gasteiger partial charge in [-0.1, -0.05) is 18.2 Å². The molecule has 0 saturated heterocycles. The Morgan fingerprint density at radius 2 is 2.16 bits per heavy atom. The van der Waals surface area contributed by atoms with Gasteiger partial charge in [0.25, 0.3) is 0 Å². The van der Waals surface area contributed by atoms with E-state index in [1.165, 1.54) is 11.3 Å². The first-order chi connectivity index (χ1) is 9.16. The second kappa shape index (κ2) is 6.36. The van der Waals surface area contributed by atoms with E-state index in [2.05, 4.69) is 5.32 Å². The Morgan fingerprint density at radius 1 is 1.37 bits per heavy atom. The number of nitrogens with one attached hydrogen (secondary N) is 1. The number of anilines is 1. The van der Waals surface area contributed by atoms with Crippen molar-refractivity contribution in [3.05, 3.63) is 52.2 Å². The molecule has 1 amide bonds. The van der Waals surface area contributed by atoms with Gasteiger partial charge in [-0.05, 0) is 34.0 Å². The maximum atomic E-state index is 11.8. The van der Waals surface area contributed by atoms with Crippen molar-refractivity contribution >= 4 is 22.9 Å². The number of rotatable bonds is 5. The number of amides is 1. The van der Waals surface area contributed by atoms with Crippen molar-refractivity contribution in [1.82, 2.24) is 5.32 Å². The number of nitrogens with two attached hydrogens (primary N) is 1. The molecule has 0 saturated carbocycles. The fourth-order valence-corrected chi connectivity index (χ4v) is 2.43. The molecule has 100 valence electrons. The third-order valence-corrected chi connectivity index (χ3v) is 3.53. The van der Waals surface area contributed by atoms with Crippen molar-refractivity contribution in [1.29, 1.82) is 0 Å². The molecular formula is C14H16N2O2S. The number of benzene rings is 1. The van der Waals surface area contributed by atoms with E-state index in [1.54, 1.807) is 6.07 Å². The van der Waals surface area contributed by atoms with Crippen molar-refractivity contribution in [2.75, 3.05) is 12.3 Å². The fraction of sp³-hybridized carbons (Fsp3) is 0.214. The Morgan fingerprint density at radius 3 is 2.84 bits per heavy atom. The fourth-order valence-electron chi connectivity index (χ4n) is 1.72. The highest BCUT2D eigenvalue weighted by Gasteiger charge is 2.10. The highest BCUT2D eigenvalue weighted by Crippen LogP contribution is 2.15. The van der Waals surface area contributed by atoms with Crippen LogP contribution in [0.3, 0.4) is 0 Å². The van der Waals surface area contributed by atoms with Gasteiger partial charge in [-0.2, -0.15) is 11.3 Å². The smallest absolute Gasteiger partial charge is 0.224 e. The maximum absolute atomic E-state index is 11.8. The lowest BCUT2D eigenvalue weighted by atomic mass is 10.1. The number of thiophene rings is 1. The molecule has 4 nitrogen and oxygen atoms in total. The van der Waals surface area contributed by atoms with Crippen molar-refractivity contribution in [3.8, 4) is 0 Å². The number of carbonyl (C=O) groups is 1. The predicted molar refractivity (Wildman–Crippen MR) is 76.8 cm³/mol. The summed E-state index contributed by atoms with van der Waals surface area (Å²) in [5.41, 5.74) is 8.00. The first kappa shape index (κ1) is 13.6. The zero-order valence-corrected chi connectivity index (χ0v) is 11.2. The molecule has 1 atom stereocenters. The minimum absolute atomic E-state index is 0.146. The maximum Gasteiger partial charge on any atom is 0.224 e. The van der Waals surface area contributed by atoms with Crippen molar-refractivity contribution in [3.63, 3.8) is 0 Å². The average Bonchev–Trinajstić information content (AvgIpc) is 2.93. The van der Waals surface area contributed by atoms with Gasteiger partial charge in [0.1, 0.15) is 0 Å². The third-order valence-electron chi connectivity index (χ3n) is 2.83. The van der Waals surface area contributed by atoms with Gasteiger partial charge in [0.2, 0.25) is 5.91 Å². The summed E-state index contributed by atoms with van der Waals surface area (Å²) in [5, 5.41) is 16.3. The lowest BCUT2D eigenvalue weighted by molar-refractivity contribution is -0.120. The normalized spacial score (nSPS) is 12.1. The van der Waals surface area contributed by atoms with Crippen LogP contribution < -0.4 is 11.1 Å². The molecule has 0 bridgehead atoms. The van der Waals surface area contributed by atoms with Crippen LogP contribution in [0.25, 0.3) is 0 Å². The summed E-state index contributed by atoms with van der Waals surface area (Å²) in [7, 11) is 0. The van der Waals surface area contributed by atoms with Gasteiger partial charge in [-0.3, -0.25) is 4.79 Å². The molecule has 5 heteroatoms. The van der Waals surface area contributed by atoms with Gasteiger partial charge < -0.3 is 16.2 Å². The molecule has 1 heterocycles. The standard InChI is InChI=1S/C14H16N2O2S/c15-12-4-2-1-3-10(12)7-14(18)16-8-13(17)11-5-6-19-9-11/h1-6,9,13,17H,7-8,15H2,(H,16,18). The largest absolute Gasteiger partial charge is 0.398 e. The molecule has 0 spiro atoms. The van der Waals surface area contributed by atoms with E-state index in [0.717, 1.165) is 11.1 Å². The van der Waals surface area contributed by atoms with E-state index in [9.17, 15) is 9.90 Å². The van der Waals surface area contributed by atoms with Crippen LogP contribution in [0.5, 0.6) is 0 Å². The van der Waals surface area contributed by atoms with Gasteiger partial charge in [0.05, 0.1) is 12.5 Å². The summed E-state index contributed by atoms with van der Waals surface area (Å²) in [5.74, 6) is -0.146. The van der Waals surface area contributed by atoms with Gasteiger partial charge in [-0.25, -0.2) is 0 Å². The quantitative estimate of drug-likeness (QED) is 0.728. The summed E-state index contributed by atoms with van der Waals surface area (Å²) >= 11 is 1.52. The lowest BCUT2D eigenvalue weighted by Crippen LogP contribution is -2.29. The van der Waals surface area contributed by atoms with Gasteiger partial charge in [0, 0.05) is 12.2 Å². The summed E-state index contributed by atoms with van der Waals surface area (Å²) in [4.78, 5) is 11.8. The van der Waals surface area contributed by atoms with Gasteiger partial charge in [-0.15, -0.1) is 0 Å². The van der Waals surface area contributed by atoms with E-state index in [0.29, 0.717) is 5.69 Å². The number of carbonyl (C=O) groups excluding carboxylic acids is 1. The molecule has 1 aromatic heterocycles. The van der Waals surface area contributed by atoms with Crippen LogP contribution >= 0.6 is 11.3 Å². The van der Waals surface area contributed by atoms with Crippen LogP contribution in [-0.2, 0) is 11.2 Å². The highest BCUT2D eigenvalue weighted by atomic mass is 32.1. The number of nitrogen functional groups attached to an aromatic ring is 1. The van der Waals surface area contributed by atoms with Crippen molar-refractivity contribution in [2.45, 2.75) is 12.5 Å².